The van der Waals surface area contributed by atoms with E-state index in [0.717, 1.165) is 5.56 Å². The van der Waals surface area contributed by atoms with Crippen LogP contribution in [-0.4, -0.2) is 24.2 Å². The van der Waals surface area contributed by atoms with Gasteiger partial charge in [-0.3, -0.25) is 14.8 Å². The van der Waals surface area contributed by atoms with Crippen molar-refractivity contribution < 1.29 is 17.6 Å². The van der Waals surface area contributed by atoms with E-state index in [1.807, 2.05) is 0 Å². The Morgan fingerprint density at radius 2 is 1.85 bits per heavy atom. The molecule has 0 radical (unpaired) electrons. The van der Waals surface area contributed by atoms with Crippen LogP contribution in [0.4, 0.5) is 4.39 Å². The zero-order valence-corrected chi connectivity index (χ0v) is 19.6. The van der Waals surface area contributed by atoms with Crippen LogP contribution in [0.5, 0.6) is 0 Å². The fraction of sp³-hybridized carbons (Fsp3) is 0.192. The molecule has 5 nitrogen and oxygen atoms in total. The van der Waals surface area contributed by atoms with Gasteiger partial charge in [-0.25, -0.2) is 12.8 Å². The molecule has 2 aromatic heterocycles. The zero-order valence-electron chi connectivity index (χ0n) is 18.0. The molecular formula is C26H20ClFN2O3S. The van der Waals surface area contributed by atoms with Gasteiger partial charge in [-0.2, -0.15) is 0 Å². The summed E-state index contributed by atoms with van der Waals surface area (Å²) in [7, 11) is -3.52. The second-order valence-electron chi connectivity index (χ2n) is 8.50. The number of sulfone groups is 1. The highest BCUT2D eigenvalue weighted by Crippen LogP contribution is 2.48. The molecule has 0 spiro atoms. The normalized spacial score (nSPS) is 17.6. The third-order valence-electron chi connectivity index (χ3n) is 6.19. The minimum absolute atomic E-state index is 0.0105. The molecule has 4 aromatic rings. The van der Waals surface area contributed by atoms with E-state index in [4.69, 9.17) is 11.6 Å². The van der Waals surface area contributed by atoms with Crippen molar-refractivity contribution in [3.8, 4) is 0 Å². The molecule has 2 atom stereocenters. The molecule has 8 heteroatoms. The van der Waals surface area contributed by atoms with E-state index < -0.39 is 15.7 Å². The predicted octanol–water partition coefficient (Wildman–Crippen LogP) is 5.31. The van der Waals surface area contributed by atoms with Gasteiger partial charge in [0.05, 0.1) is 21.4 Å². The first-order valence-corrected chi connectivity index (χ1v) is 12.8. The molecule has 2 heterocycles. The summed E-state index contributed by atoms with van der Waals surface area (Å²) in [6.45, 7) is 0. The van der Waals surface area contributed by atoms with Gasteiger partial charge >= 0.3 is 0 Å². The SMILES string of the molecule is O=C(Cc1ccc2cncc(Cl)c2c1F)C1CC1c1ccc(S(=O)(=O)Cc2ccccn2)cc1. The molecule has 34 heavy (non-hydrogen) atoms. The highest BCUT2D eigenvalue weighted by atomic mass is 35.5. The van der Waals surface area contributed by atoms with Gasteiger partial charge in [0.1, 0.15) is 11.6 Å². The van der Waals surface area contributed by atoms with Gasteiger partial charge in [-0.1, -0.05) is 41.9 Å². The number of Topliss-reactive ketones (excluding diaryl/α,β-unsaturated/α-hetero) is 1. The van der Waals surface area contributed by atoms with E-state index in [-0.39, 0.29) is 45.1 Å². The zero-order chi connectivity index (χ0) is 23.9. The first-order valence-electron chi connectivity index (χ1n) is 10.8. The lowest BCUT2D eigenvalue weighted by molar-refractivity contribution is -0.119. The Balaban J connectivity index is 1.27. The van der Waals surface area contributed by atoms with Crippen LogP contribution in [0.1, 0.15) is 29.2 Å². The Hall–Kier alpha value is -3.16. The maximum absolute atomic E-state index is 15.0. The molecule has 0 aliphatic heterocycles. The Kier molecular flexibility index (Phi) is 5.91. The number of aromatic nitrogens is 2. The topological polar surface area (TPSA) is 77.0 Å². The van der Waals surface area contributed by atoms with Crippen LogP contribution >= 0.6 is 11.6 Å². The quantitative estimate of drug-likeness (QED) is 0.348. The lowest BCUT2D eigenvalue weighted by Gasteiger charge is -2.08. The Labute approximate surface area is 201 Å². The van der Waals surface area contributed by atoms with Crippen LogP contribution in [0.3, 0.4) is 0 Å². The molecule has 2 unspecified atom stereocenters. The third-order valence-corrected chi connectivity index (χ3v) is 8.15. The lowest BCUT2D eigenvalue weighted by Crippen LogP contribution is -2.08. The lowest BCUT2D eigenvalue weighted by atomic mass is 10.00. The molecule has 0 saturated heterocycles. The van der Waals surface area contributed by atoms with E-state index in [0.29, 0.717) is 23.1 Å². The number of rotatable bonds is 7. The van der Waals surface area contributed by atoms with Gasteiger partial charge in [0, 0.05) is 41.7 Å². The van der Waals surface area contributed by atoms with Crippen LogP contribution in [0.25, 0.3) is 10.8 Å². The Bertz CT molecular complexity index is 1490. The van der Waals surface area contributed by atoms with E-state index in [2.05, 4.69) is 9.97 Å². The number of nitrogens with zero attached hydrogens (tertiary/aromatic N) is 2. The largest absolute Gasteiger partial charge is 0.299 e. The molecule has 1 saturated carbocycles. The fourth-order valence-corrected chi connectivity index (χ4v) is 5.82. The number of carbonyl (C=O) groups is 1. The number of hydrogen-bond acceptors (Lipinski definition) is 5. The number of hydrogen-bond donors (Lipinski definition) is 0. The van der Waals surface area contributed by atoms with Crippen molar-refractivity contribution in [2.45, 2.75) is 29.4 Å². The maximum atomic E-state index is 15.0. The summed E-state index contributed by atoms with van der Waals surface area (Å²) in [5.41, 5.74) is 1.70. The van der Waals surface area contributed by atoms with E-state index in [1.54, 1.807) is 60.8 Å². The summed E-state index contributed by atoms with van der Waals surface area (Å²) < 4.78 is 40.3. The van der Waals surface area contributed by atoms with Crippen molar-refractivity contribution in [3.05, 3.63) is 101 Å². The summed E-state index contributed by atoms with van der Waals surface area (Å²) in [5.74, 6) is -0.900. The molecule has 1 aliphatic rings. The first kappa shape index (κ1) is 22.6. The highest BCUT2D eigenvalue weighted by Gasteiger charge is 2.43. The van der Waals surface area contributed by atoms with E-state index in [9.17, 15) is 17.6 Å². The highest BCUT2D eigenvalue weighted by molar-refractivity contribution is 7.90. The van der Waals surface area contributed by atoms with Gasteiger partial charge < -0.3 is 0 Å². The van der Waals surface area contributed by atoms with Crippen LogP contribution in [0.15, 0.2) is 78.1 Å². The minimum atomic E-state index is -3.52. The number of benzene rings is 2. The van der Waals surface area contributed by atoms with Crippen LogP contribution < -0.4 is 0 Å². The summed E-state index contributed by atoms with van der Waals surface area (Å²) in [4.78, 5) is 21.1. The summed E-state index contributed by atoms with van der Waals surface area (Å²) in [5, 5.41) is 1.08. The number of fused-ring (bicyclic) bond motifs is 1. The number of carbonyl (C=O) groups excluding carboxylic acids is 1. The molecule has 2 aromatic carbocycles. The van der Waals surface area contributed by atoms with E-state index in [1.165, 1.54) is 12.4 Å². The second-order valence-corrected chi connectivity index (χ2v) is 10.9. The second kappa shape index (κ2) is 8.89. The smallest absolute Gasteiger partial charge is 0.184 e. The molecule has 0 N–H and O–H groups in total. The molecule has 0 amide bonds. The van der Waals surface area contributed by atoms with Crippen molar-refractivity contribution in [3.63, 3.8) is 0 Å². The number of ketones is 1. The molecule has 1 aliphatic carbocycles. The van der Waals surface area contributed by atoms with E-state index >= 15 is 0 Å². The molecule has 0 bridgehead atoms. The predicted molar refractivity (Wildman–Crippen MR) is 128 cm³/mol. The van der Waals surface area contributed by atoms with Crippen LogP contribution in [0.2, 0.25) is 5.02 Å². The Morgan fingerprint density at radius 1 is 1.06 bits per heavy atom. The van der Waals surface area contributed by atoms with Crippen LogP contribution in [-0.2, 0) is 26.8 Å². The van der Waals surface area contributed by atoms with Gasteiger partial charge in [0.25, 0.3) is 0 Å². The average Bonchev–Trinajstić information content (AvgIpc) is 3.63. The molecule has 172 valence electrons. The Morgan fingerprint density at radius 3 is 2.59 bits per heavy atom. The third kappa shape index (κ3) is 4.45. The summed E-state index contributed by atoms with van der Waals surface area (Å²) in [6, 6.07) is 15.1. The van der Waals surface area contributed by atoms with Crippen LogP contribution in [0, 0.1) is 11.7 Å². The van der Waals surface area contributed by atoms with Crippen molar-refractivity contribution in [1.29, 1.82) is 0 Å². The van der Waals surface area contributed by atoms with Crippen molar-refractivity contribution in [1.82, 2.24) is 9.97 Å². The first-order chi connectivity index (χ1) is 16.3. The number of halogens is 2. The van der Waals surface area contributed by atoms with Gasteiger partial charge in [0.15, 0.2) is 9.84 Å². The number of pyridine rings is 2. The van der Waals surface area contributed by atoms with Crippen molar-refractivity contribution >= 4 is 38.0 Å². The van der Waals surface area contributed by atoms with Gasteiger partial charge in [0.2, 0.25) is 0 Å². The van der Waals surface area contributed by atoms with Gasteiger partial charge in [-0.15, -0.1) is 0 Å². The minimum Gasteiger partial charge on any atom is -0.299 e. The van der Waals surface area contributed by atoms with Gasteiger partial charge in [-0.05, 0) is 47.7 Å². The fourth-order valence-electron chi connectivity index (χ4n) is 4.29. The molecular weight excluding hydrogens is 475 g/mol. The standard InChI is InChI=1S/C26H20ClFN2O3S/c27-23-14-29-13-18-5-4-17(26(28)25(18)23)11-24(31)22-12-21(22)16-6-8-20(9-7-16)34(32,33)15-19-3-1-2-10-30-19/h1-10,13-14,21-22H,11-12,15H2. The maximum Gasteiger partial charge on any atom is 0.184 e. The van der Waals surface area contributed by atoms with Crippen molar-refractivity contribution in [2.24, 2.45) is 5.92 Å². The average molecular weight is 495 g/mol. The summed E-state index contributed by atoms with van der Waals surface area (Å²) in [6.07, 6.45) is 5.13. The monoisotopic (exact) mass is 494 g/mol. The molecule has 5 rings (SSSR count). The molecule has 1 fully saturated rings. The van der Waals surface area contributed by atoms with Crippen molar-refractivity contribution in [2.75, 3.05) is 0 Å². The summed E-state index contributed by atoms with van der Waals surface area (Å²) >= 11 is 6.11.